The van der Waals surface area contributed by atoms with E-state index in [0.717, 1.165) is 24.6 Å². The molecule has 1 rings (SSSR count). The summed E-state index contributed by atoms with van der Waals surface area (Å²) in [7, 11) is -3.64. The lowest BCUT2D eigenvalue weighted by atomic mass is 10.0. The Kier molecular flexibility index (Phi) is 10.0. The van der Waals surface area contributed by atoms with Crippen molar-refractivity contribution in [1.29, 1.82) is 10.8 Å². The Labute approximate surface area is 185 Å². The molecule has 9 nitrogen and oxygen atoms in total. The highest BCUT2D eigenvalue weighted by Gasteiger charge is 2.15. The monoisotopic (exact) mass is 468 g/mol. The lowest BCUT2D eigenvalue weighted by Gasteiger charge is -2.09. The van der Waals surface area contributed by atoms with Crippen molar-refractivity contribution in [3.63, 3.8) is 0 Å². The van der Waals surface area contributed by atoms with Crippen molar-refractivity contribution in [1.82, 2.24) is 0 Å². The SMILES string of the molecule is CC(C)C(N)=NC(=N)/C=C\C(N)=C(\C=NCCOS(C)(=O)=O)C(=N)c1ccc(F)cc1F. The lowest BCUT2D eigenvalue weighted by Crippen LogP contribution is -2.20. The van der Waals surface area contributed by atoms with Crippen LogP contribution in [-0.4, -0.2) is 51.4 Å². The average Bonchev–Trinajstić information content (AvgIpc) is 2.67. The van der Waals surface area contributed by atoms with Gasteiger partial charge in [-0.2, -0.15) is 8.42 Å². The molecule has 0 atom stereocenters. The molecule has 0 amide bonds. The van der Waals surface area contributed by atoms with Crippen molar-refractivity contribution in [2.45, 2.75) is 13.8 Å². The Bertz CT molecular complexity index is 1090. The molecular weight excluding hydrogens is 442 g/mol. The number of nitrogens with one attached hydrogen (secondary N) is 2. The Hall–Kier alpha value is -3.25. The third kappa shape index (κ3) is 9.27. The first kappa shape index (κ1) is 26.8. The molecule has 12 heteroatoms. The molecular formula is C20H26F2N6O3S. The molecule has 0 aromatic heterocycles. The highest BCUT2D eigenvalue weighted by molar-refractivity contribution is 7.85. The third-order valence-electron chi connectivity index (χ3n) is 3.78. The standard InChI is InChI=1S/C20H26F2N6O3S/c1-12(2)20(26)28-18(24)7-6-17(23)15(11-27-8-9-31-32(3,29)30)19(25)14-5-4-13(21)10-16(14)22/h4-7,10-12,25H,8-9,23H2,1-3H3,(H3,24,26,28)/b7-6-,17-15+,25-19?,27-11?. The predicted octanol–water partition coefficient (Wildman–Crippen LogP) is 2.14. The van der Waals surface area contributed by atoms with Crippen LogP contribution in [0.1, 0.15) is 19.4 Å². The summed E-state index contributed by atoms with van der Waals surface area (Å²) in [4.78, 5) is 7.86. The summed E-state index contributed by atoms with van der Waals surface area (Å²) in [6.07, 6.45) is 4.54. The topological polar surface area (TPSA) is 168 Å². The number of halogens is 2. The molecule has 0 spiro atoms. The molecule has 0 saturated carbocycles. The van der Waals surface area contributed by atoms with Crippen LogP contribution < -0.4 is 11.5 Å². The van der Waals surface area contributed by atoms with Crippen LogP contribution in [0.4, 0.5) is 8.78 Å². The molecule has 0 aliphatic carbocycles. The summed E-state index contributed by atoms with van der Waals surface area (Å²) >= 11 is 0. The third-order valence-corrected chi connectivity index (χ3v) is 4.38. The first-order chi connectivity index (χ1) is 14.8. The second-order valence-corrected chi connectivity index (χ2v) is 8.48. The summed E-state index contributed by atoms with van der Waals surface area (Å²) in [6, 6.07) is 2.71. The van der Waals surface area contributed by atoms with Crippen molar-refractivity contribution in [3.05, 3.63) is 58.8 Å². The Morgan fingerprint density at radius 1 is 1.22 bits per heavy atom. The van der Waals surface area contributed by atoms with E-state index >= 15 is 0 Å². The van der Waals surface area contributed by atoms with Gasteiger partial charge in [0, 0.05) is 35.0 Å². The number of benzene rings is 1. The fourth-order valence-electron chi connectivity index (χ4n) is 2.08. The van der Waals surface area contributed by atoms with Gasteiger partial charge >= 0.3 is 0 Å². The fraction of sp³-hybridized carbons (Fsp3) is 0.300. The number of aliphatic imine (C=N–C) groups is 2. The minimum Gasteiger partial charge on any atom is -0.398 e. The van der Waals surface area contributed by atoms with Crippen LogP contribution in [0.3, 0.4) is 0 Å². The maximum absolute atomic E-state index is 14.2. The molecule has 1 aromatic carbocycles. The number of nitrogens with zero attached hydrogens (tertiary/aromatic N) is 2. The number of amidine groups is 2. The van der Waals surface area contributed by atoms with E-state index in [9.17, 15) is 17.2 Å². The molecule has 174 valence electrons. The van der Waals surface area contributed by atoms with Gasteiger partial charge in [-0.1, -0.05) is 13.8 Å². The molecule has 32 heavy (non-hydrogen) atoms. The molecule has 1 aromatic rings. The number of hydrogen-bond acceptors (Lipinski definition) is 7. The predicted molar refractivity (Wildman–Crippen MR) is 122 cm³/mol. The molecule has 0 saturated heterocycles. The van der Waals surface area contributed by atoms with Gasteiger partial charge in [0.1, 0.15) is 23.3 Å². The molecule has 0 fully saturated rings. The van der Waals surface area contributed by atoms with Gasteiger partial charge in [-0.3, -0.25) is 20.0 Å². The molecule has 0 aliphatic rings. The van der Waals surface area contributed by atoms with Crippen molar-refractivity contribution in [2.24, 2.45) is 27.4 Å². The first-order valence-corrected chi connectivity index (χ1v) is 11.1. The number of hydrogen-bond donors (Lipinski definition) is 4. The highest BCUT2D eigenvalue weighted by Crippen LogP contribution is 2.15. The zero-order valence-corrected chi connectivity index (χ0v) is 18.7. The van der Waals surface area contributed by atoms with Gasteiger partial charge in [0.25, 0.3) is 10.1 Å². The van der Waals surface area contributed by atoms with Gasteiger partial charge in [-0.05, 0) is 24.3 Å². The van der Waals surface area contributed by atoms with Crippen LogP contribution in [-0.2, 0) is 14.3 Å². The van der Waals surface area contributed by atoms with Crippen molar-refractivity contribution >= 4 is 33.7 Å². The van der Waals surface area contributed by atoms with E-state index in [-0.39, 0.29) is 47.6 Å². The largest absolute Gasteiger partial charge is 0.398 e. The molecule has 0 heterocycles. The second kappa shape index (κ2) is 12.0. The van der Waals surface area contributed by atoms with E-state index in [2.05, 4.69) is 14.2 Å². The van der Waals surface area contributed by atoms with Gasteiger partial charge in [0.15, 0.2) is 0 Å². The molecule has 0 bridgehead atoms. The van der Waals surface area contributed by atoms with Gasteiger partial charge in [-0.25, -0.2) is 13.8 Å². The summed E-state index contributed by atoms with van der Waals surface area (Å²) < 4.78 is 54.0. The van der Waals surface area contributed by atoms with E-state index in [1.165, 1.54) is 12.2 Å². The minimum atomic E-state index is -3.64. The van der Waals surface area contributed by atoms with Gasteiger partial charge < -0.3 is 11.5 Å². The maximum Gasteiger partial charge on any atom is 0.264 e. The van der Waals surface area contributed by atoms with E-state index in [1.807, 2.05) is 13.8 Å². The van der Waals surface area contributed by atoms with Gasteiger partial charge in [0.05, 0.1) is 25.1 Å². The van der Waals surface area contributed by atoms with Crippen LogP contribution in [0.15, 0.2) is 51.6 Å². The Balaban J connectivity index is 3.25. The number of allylic oxidation sites excluding steroid dienone is 2. The lowest BCUT2D eigenvalue weighted by molar-refractivity contribution is 0.332. The Morgan fingerprint density at radius 2 is 1.88 bits per heavy atom. The highest BCUT2D eigenvalue weighted by atomic mass is 32.2. The van der Waals surface area contributed by atoms with Gasteiger partial charge in [-0.15, -0.1) is 0 Å². The van der Waals surface area contributed by atoms with E-state index in [4.69, 9.17) is 22.3 Å². The molecule has 0 radical (unpaired) electrons. The van der Waals surface area contributed by atoms with Gasteiger partial charge in [0.2, 0.25) is 0 Å². The summed E-state index contributed by atoms with van der Waals surface area (Å²) in [5.41, 5.74) is 11.0. The number of nitrogens with two attached hydrogens (primary N) is 2. The first-order valence-electron chi connectivity index (χ1n) is 9.30. The minimum absolute atomic E-state index is 0.0419. The van der Waals surface area contributed by atoms with E-state index in [0.29, 0.717) is 6.07 Å². The van der Waals surface area contributed by atoms with E-state index in [1.54, 1.807) is 0 Å². The molecule has 6 N–H and O–H groups in total. The summed E-state index contributed by atoms with van der Waals surface area (Å²) in [6.45, 7) is 3.29. The summed E-state index contributed by atoms with van der Waals surface area (Å²) in [5, 5.41) is 16.1. The van der Waals surface area contributed by atoms with Crippen LogP contribution in [0.25, 0.3) is 0 Å². The Morgan fingerprint density at radius 3 is 2.44 bits per heavy atom. The van der Waals surface area contributed by atoms with Crippen molar-refractivity contribution < 1.29 is 21.4 Å². The maximum atomic E-state index is 14.2. The van der Waals surface area contributed by atoms with E-state index < -0.39 is 27.5 Å². The fourth-order valence-corrected chi connectivity index (χ4v) is 2.46. The second-order valence-electron chi connectivity index (χ2n) is 6.84. The van der Waals surface area contributed by atoms with Crippen molar-refractivity contribution in [3.8, 4) is 0 Å². The average molecular weight is 469 g/mol. The molecule has 0 aliphatic heterocycles. The van der Waals surface area contributed by atoms with Crippen LogP contribution in [0, 0.1) is 28.4 Å². The molecule has 0 unspecified atom stereocenters. The normalized spacial score (nSPS) is 13.8. The smallest absolute Gasteiger partial charge is 0.264 e. The van der Waals surface area contributed by atoms with Crippen molar-refractivity contribution in [2.75, 3.05) is 19.4 Å². The van der Waals surface area contributed by atoms with Crippen LogP contribution >= 0.6 is 0 Å². The van der Waals surface area contributed by atoms with Crippen LogP contribution in [0.2, 0.25) is 0 Å². The zero-order chi connectivity index (χ0) is 24.5. The summed E-state index contributed by atoms with van der Waals surface area (Å²) in [5.74, 6) is -1.80. The zero-order valence-electron chi connectivity index (χ0n) is 17.9. The van der Waals surface area contributed by atoms with Crippen LogP contribution in [0.5, 0.6) is 0 Å². The number of rotatable bonds is 10. The quantitative estimate of drug-likeness (QED) is 0.135.